The van der Waals surface area contributed by atoms with Crippen LogP contribution in [0.5, 0.6) is 0 Å². The van der Waals surface area contributed by atoms with Crippen molar-refractivity contribution in [3.63, 3.8) is 0 Å². The summed E-state index contributed by atoms with van der Waals surface area (Å²) in [4.78, 5) is 2.65. The van der Waals surface area contributed by atoms with Crippen LogP contribution in [0.4, 0.5) is 0 Å². The molecule has 1 aromatic rings. The van der Waals surface area contributed by atoms with Crippen molar-refractivity contribution in [3.8, 4) is 0 Å². The predicted molar refractivity (Wildman–Crippen MR) is 105 cm³/mol. The molecule has 144 valence electrons. The van der Waals surface area contributed by atoms with Crippen molar-refractivity contribution in [2.75, 3.05) is 26.4 Å². The molecule has 3 heteroatoms. The van der Waals surface area contributed by atoms with Crippen molar-refractivity contribution < 1.29 is 9.47 Å². The van der Waals surface area contributed by atoms with E-state index in [1.807, 2.05) is 0 Å². The highest BCUT2D eigenvalue weighted by Gasteiger charge is 2.47. The van der Waals surface area contributed by atoms with Crippen molar-refractivity contribution in [2.24, 2.45) is 17.8 Å². The highest BCUT2D eigenvalue weighted by molar-refractivity contribution is 5.15. The Kier molecular flexibility index (Phi) is 5.68. The molecule has 0 N–H and O–H groups in total. The summed E-state index contributed by atoms with van der Waals surface area (Å²) >= 11 is 0. The summed E-state index contributed by atoms with van der Waals surface area (Å²) in [5, 5.41) is 0. The Morgan fingerprint density at radius 3 is 2.62 bits per heavy atom. The molecule has 0 aromatic heterocycles. The number of rotatable bonds is 4. The zero-order valence-electron chi connectivity index (χ0n) is 16.5. The van der Waals surface area contributed by atoms with Crippen LogP contribution in [-0.2, 0) is 15.9 Å². The van der Waals surface area contributed by atoms with Gasteiger partial charge in [0.15, 0.2) is 0 Å². The third kappa shape index (κ3) is 4.16. The molecule has 1 aromatic carbocycles. The summed E-state index contributed by atoms with van der Waals surface area (Å²) in [6.07, 6.45) is 8.06. The number of nitrogens with zero attached hydrogens (tertiary/aromatic N) is 1. The van der Waals surface area contributed by atoms with Crippen molar-refractivity contribution in [3.05, 3.63) is 35.9 Å². The molecule has 3 fully saturated rings. The predicted octanol–water partition coefficient (Wildman–Crippen LogP) is 4.51. The smallest absolute Gasteiger partial charge is 0.147 e. The van der Waals surface area contributed by atoms with Crippen LogP contribution in [0.1, 0.15) is 51.5 Å². The first kappa shape index (κ1) is 18.5. The number of benzene rings is 1. The number of likely N-dealkylation sites (tertiary alicyclic amines) is 1. The van der Waals surface area contributed by atoms with E-state index in [1.54, 1.807) is 0 Å². The molecule has 0 bridgehead atoms. The van der Waals surface area contributed by atoms with Gasteiger partial charge in [-0.15, -0.1) is 0 Å². The summed E-state index contributed by atoms with van der Waals surface area (Å²) in [5.74, 6) is 2.20. The quantitative estimate of drug-likeness (QED) is 0.791. The van der Waals surface area contributed by atoms with E-state index in [9.17, 15) is 0 Å². The Labute approximate surface area is 159 Å². The highest BCUT2D eigenvalue weighted by Crippen LogP contribution is 2.42. The molecule has 0 radical (unpaired) electrons. The van der Waals surface area contributed by atoms with Gasteiger partial charge < -0.3 is 14.4 Å². The minimum absolute atomic E-state index is 0.0324. The zero-order chi connectivity index (χ0) is 18.0. The summed E-state index contributed by atoms with van der Waals surface area (Å²) in [7, 11) is 0. The maximum absolute atomic E-state index is 6.23. The van der Waals surface area contributed by atoms with Gasteiger partial charge in [0.05, 0.1) is 11.7 Å². The van der Waals surface area contributed by atoms with Gasteiger partial charge in [0, 0.05) is 12.5 Å². The normalized spacial score (nSPS) is 36.6. The zero-order valence-corrected chi connectivity index (χ0v) is 16.5. The van der Waals surface area contributed by atoms with Crippen molar-refractivity contribution in [1.29, 1.82) is 0 Å². The number of fused-ring (bicyclic) bond motifs is 1. The van der Waals surface area contributed by atoms with Crippen molar-refractivity contribution in [2.45, 2.75) is 64.1 Å². The van der Waals surface area contributed by atoms with Crippen LogP contribution < -0.4 is 0 Å². The Morgan fingerprint density at radius 1 is 1.08 bits per heavy atom. The molecule has 0 spiro atoms. The van der Waals surface area contributed by atoms with Crippen LogP contribution in [-0.4, -0.2) is 43.0 Å². The maximum atomic E-state index is 6.23. The summed E-state index contributed by atoms with van der Waals surface area (Å²) in [6.45, 7) is 8.69. The van der Waals surface area contributed by atoms with Gasteiger partial charge in [0.1, 0.15) is 6.79 Å². The number of hydrogen-bond acceptors (Lipinski definition) is 3. The van der Waals surface area contributed by atoms with Crippen LogP contribution >= 0.6 is 0 Å². The van der Waals surface area contributed by atoms with Gasteiger partial charge in [-0.2, -0.15) is 0 Å². The van der Waals surface area contributed by atoms with Gasteiger partial charge in [-0.3, -0.25) is 0 Å². The summed E-state index contributed by atoms with van der Waals surface area (Å²) in [5.41, 5.74) is 1.46. The van der Waals surface area contributed by atoms with E-state index >= 15 is 0 Å². The van der Waals surface area contributed by atoms with E-state index in [0.717, 1.165) is 18.4 Å². The fraction of sp³-hybridized carbons (Fsp3) is 0.739. The molecule has 0 amide bonds. The molecule has 1 saturated carbocycles. The fourth-order valence-corrected chi connectivity index (χ4v) is 5.48. The molecule has 3 aliphatic rings. The molecular formula is C23H35NO2. The summed E-state index contributed by atoms with van der Waals surface area (Å²) in [6, 6.07) is 11.0. The molecule has 0 unspecified atom stereocenters. The molecule has 4 atom stereocenters. The molecule has 2 heterocycles. The van der Waals surface area contributed by atoms with E-state index in [-0.39, 0.29) is 5.60 Å². The molecule has 3 nitrogen and oxygen atoms in total. The van der Waals surface area contributed by atoms with Gasteiger partial charge >= 0.3 is 0 Å². The standard InChI is InChI=1S/C23H35NO2/c1-18-8-9-21-22(14-18)25-17-26-23(21,2)16-24-12-10-20(11-13-24)15-19-6-4-3-5-7-19/h3-7,18,20-22H,8-17H2,1-2H3/t18-,21-,22+,23-/m1/s1. The molecule has 2 saturated heterocycles. The Bertz CT molecular complexity index is 569. The number of piperidine rings is 1. The molecule has 26 heavy (non-hydrogen) atoms. The lowest BCUT2D eigenvalue weighted by atomic mass is 9.71. The average Bonchev–Trinajstić information content (AvgIpc) is 2.64. The molecule has 2 aliphatic heterocycles. The monoisotopic (exact) mass is 357 g/mol. The topological polar surface area (TPSA) is 21.7 Å². The SMILES string of the molecule is C[C@@H]1CC[C@@H]2[C@H](C1)OCO[C@]2(C)CN1CCC(Cc2ccccc2)CC1. The Balaban J connectivity index is 1.30. The average molecular weight is 358 g/mol. The van der Waals surface area contributed by atoms with Gasteiger partial charge in [-0.05, 0) is 69.5 Å². The van der Waals surface area contributed by atoms with E-state index in [1.165, 1.54) is 57.2 Å². The van der Waals surface area contributed by atoms with Crippen molar-refractivity contribution in [1.82, 2.24) is 4.90 Å². The van der Waals surface area contributed by atoms with E-state index < -0.39 is 0 Å². The number of hydrogen-bond donors (Lipinski definition) is 0. The lowest BCUT2D eigenvalue weighted by molar-refractivity contribution is -0.267. The third-order valence-electron chi connectivity index (χ3n) is 7.12. The van der Waals surface area contributed by atoms with Crippen LogP contribution in [0.25, 0.3) is 0 Å². The third-order valence-corrected chi connectivity index (χ3v) is 7.12. The Morgan fingerprint density at radius 2 is 1.85 bits per heavy atom. The minimum atomic E-state index is -0.0324. The van der Waals surface area contributed by atoms with Gasteiger partial charge in [-0.25, -0.2) is 0 Å². The number of ether oxygens (including phenoxy) is 2. The maximum Gasteiger partial charge on any atom is 0.147 e. The first-order valence-electron chi connectivity index (χ1n) is 10.6. The second kappa shape index (κ2) is 8.00. The van der Waals surface area contributed by atoms with Gasteiger partial charge in [-0.1, -0.05) is 43.7 Å². The Hall–Kier alpha value is -0.900. The first-order chi connectivity index (χ1) is 12.6. The van der Waals surface area contributed by atoms with Crippen LogP contribution in [0.2, 0.25) is 0 Å². The second-order valence-electron chi connectivity index (χ2n) is 9.21. The second-order valence-corrected chi connectivity index (χ2v) is 9.21. The molecule has 1 aliphatic carbocycles. The summed E-state index contributed by atoms with van der Waals surface area (Å²) < 4.78 is 12.2. The van der Waals surface area contributed by atoms with Crippen molar-refractivity contribution >= 4 is 0 Å². The highest BCUT2D eigenvalue weighted by atomic mass is 16.7. The van der Waals surface area contributed by atoms with Gasteiger partial charge in [0.25, 0.3) is 0 Å². The minimum Gasteiger partial charge on any atom is -0.352 e. The fourth-order valence-electron chi connectivity index (χ4n) is 5.48. The van der Waals surface area contributed by atoms with Crippen LogP contribution in [0.3, 0.4) is 0 Å². The molecule has 4 rings (SSSR count). The van der Waals surface area contributed by atoms with E-state index in [2.05, 4.69) is 49.1 Å². The lowest BCUT2D eigenvalue weighted by Crippen LogP contribution is -2.58. The first-order valence-corrected chi connectivity index (χ1v) is 10.6. The largest absolute Gasteiger partial charge is 0.352 e. The van der Waals surface area contributed by atoms with Crippen LogP contribution in [0, 0.1) is 17.8 Å². The van der Waals surface area contributed by atoms with E-state index in [0.29, 0.717) is 18.8 Å². The van der Waals surface area contributed by atoms with Crippen LogP contribution in [0.15, 0.2) is 30.3 Å². The van der Waals surface area contributed by atoms with E-state index in [4.69, 9.17) is 9.47 Å². The molecular weight excluding hydrogens is 322 g/mol. The lowest BCUT2D eigenvalue weighted by Gasteiger charge is -2.51. The van der Waals surface area contributed by atoms with Gasteiger partial charge in [0.2, 0.25) is 0 Å².